The predicted octanol–water partition coefficient (Wildman–Crippen LogP) is 17.4. The van der Waals surface area contributed by atoms with Gasteiger partial charge in [-0.05, 0) is 111 Å². The van der Waals surface area contributed by atoms with Gasteiger partial charge in [-0.25, -0.2) is 0 Å². The Morgan fingerprint density at radius 3 is 1.17 bits per heavy atom. The molecule has 0 N–H and O–H groups in total. The van der Waals surface area contributed by atoms with Crippen LogP contribution in [0.5, 0.6) is 0 Å². The van der Waals surface area contributed by atoms with Crippen LogP contribution in [0.4, 0.5) is 0 Å². The number of allylic oxidation sites excluding steroid dienone is 2. The Kier molecular flexibility index (Phi) is 52.0. The Labute approximate surface area is 440 Å². The highest BCUT2D eigenvalue weighted by Crippen LogP contribution is 2.20. The molecule has 0 saturated carbocycles. The van der Waals surface area contributed by atoms with Crippen molar-refractivity contribution in [1.29, 1.82) is 0 Å². The molecule has 0 aliphatic heterocycles. The number of ether oxygens (including phenoxy) is 3. The van der Waals surface area contributed by atoms with Crippen molar-refractivity contribution in [2.24, 2.45) is 5.92 Å². The van der Waals surface area contributed by atoms with E-state index < -0.39 is 0 Å². The summed E-state index contributed by atoms with van der Waals surface area (Å²) >= 11 is 0. The summed E-state index contributed by atoms with van der Waals surface area (Å²) in [5.41, 5.74) is 0. The van der Waals surface area contributed by atoms with Crippen molar-refractivity contribution >= 4 is 23.8 Å². The van der Waals surface area contributed by atoms with E-state index in [1.165, 1.54) is 141 Å². The summed E-state index contributed by atoms with van der Waals surface area (Å²) in [5, 5.41) is 0. The monoisotopic (exact) mass is 1000 g/mol. The molecular formula is C62H118N2O7. The van der Waals surface area contributed by atoms with Crippen LogP contribution >= 0.6 is 0 Å². The Morgan fingerprint density at radius 1 is 0.394 bits per heavy atom. The SMILES string of the molecule is CCCCCCCC/C=C\CCCCCCCC(=O)OCC(COC(=O)CCCCCCC(=O)OC(CCCCCCCC)CCCCCCCC)CN(CCCCN(C)C)C(=O)CCCCCCCC. The minimum atomic E-state index is -0.295. The quantitative estimate of drug-likeness (QED) is 0.0257. The molecule has 0 saturated heterocycles. The molecule has 0 spiro atoms. The normalized spacial score (nSPS) is 12.1. The summed E-state index contributed by atoms with van der Waals surface area (Å²) in [5.74, 6) is -0.724. The lowest BCUT2D eigenvalue weighted by Gasteiger charge is -2.28. The molecule has 1 unspecified atom stereocenters. The van der Waals surface area contributed by atoms with E-state index in [0.717, 1.165) is 109 Å². The van der Waals surface area contributed by atoms with Crippen molar-refractivity contribution in [2.45, 2.75) is 310 Å². The Morgan fingerprint density at radius 2 is 0.746 bits per heavy atom. The van der Waals surface area contributed by atoms with Crippen LogP contribution in [-0.4, -0.2) is 86.7 Å². The third-order valence-electron chi connectivity index (χ3n) is 14.0. The van der Waals surface area contributed by atoms with E-state index in [0.29, 0.717) is 45.2 Å². The lowest BCUT2D eigenvalue weighted by Crippen LogP contribution is -2.39. The van der Waals surface area contributed by atoms with Gasteiger partial charge in [0.2, 0.25) is 5.91 Å². The molecule has 71 heavy (non-hydrogen) atoms. The van der Waals surface area contributed by atoms with Gasteiger partial charge in [0.15, 0.2) is 0 Å². The molecule has 418 valence electrons. The summed E-state index contributed by atoms with van der Waals surface area (Å²) in [6.07, 6.45) is 50.7. The minimum absolute atomic E-state index is 0.0348. The van der Waals surface area contributed by atoms with E-state index in [1.807, 2.05) is 4.90 Å². The van der Waals surface area contributed by atoms with Crippen molar-refractivity contribution in [3.63, 3.8) is 0 Å². The highest BCUT2D eigenvalue weighted by molar-refractivity contribution is 5.76. The van der Waals surface area contributed by atoms with Crippen molar-refractivity contribution in [3.8, 4) is 0 Å². The maximum Gasteiger partial charge on any atom is 0.306 e. The molecule has 0 bridgehead atoms. The zero-order chi connectivity index (χ0) is 52.1. The molecule has 1 amide bonds. The maximum atomic E-state index is 13.7. The molecule has 0 aromatic heterocycles. The van der Waals surface area contributed by atoms with Crippen molar-refractivity contribution in [2.75, 3.05) is 46.9 Å². The number of hydrogen-bond donors (Lipinski definition) is 0. The number of amides is 1. The van der Waals surface area contributed by atoms with Crippen molar-refractivity contribution < 1.29 is 33.4 Å². The van der Waals surface area contributed by atoms with Gasteiger partial charge in [-0.15, -0.1) is 0 Å². The number of carbonyl (C=O) groups is 4. The molecule has 0 aliphatic carbocycles. The Hall–Kier alpha value is -2.42. The number of hydrogen-bond acceptors (Lipinski definition) is 8. The number of unbranched alkanes of at least 4 members (excludes halogenated alkanes) is 30. The minimum Gasteiger partial charge on any atom is -0.465 e. The van der Waals surface area contributed by atoms with Crippen LogP contribution in [0.25, 0.3) is 0 Å². The molecule has 0 rings (SSSR count). The smallest absolute Gasteiger partial charge is 0.306 e. The second-order valence-electron chi connectivity index (χ2n) is 21.6. The molecule has 0 aliphatic rings. The summed E-state index contributed by atoms with van der Waals surface area (Å²) in [6, 6.07) is 0. The molecule has 0 fully saturated rings. The molecule has 9 nitrogen and oxygen atoms in total. The molecular weight excluding hydrogens is 885 g/mol. The Balaban J connectivity index is 5.11. The average molecular weight is 1000 g/mol. The Bertz CT molecular complexity index is 1210. The number of rotatable bonds is 55. The van der Waals surface area contributed by atoms with Gasteiger partial charge in [0, 0.05) is 44.7 Å². The molecule has 9 heteroatoms. The van der Waals surface area contributed by atoms with Crippen molar-refractivity contribution in [1.82, 2.24) is 9.80 Å². The van der Waals surface area contributed by atoms with E-state index in [1.54, 1.807) is 0 Å². The molecule has 1 atom stereocenters. The van der Waals surface area contributed by atoms with E-state index >= 15 is 0 Å². The van der Waals surface area contributed by atoms with Gasteiger partial charge in [-0.1, -0.05) is 200 Å². The van der Waals surface area contributed by atoms with Crippen LogP contribution in [0.2, 0.25) is 0 Å². The van der Waals surface area contributed by atoms with E-state index in [9.17, 15) is 19.2 Å². The van der Waals surface area contributed by atoms with Gasteiger partial charge in [0.05, 0.1) is 13.2 Å². The van der Waals surface area contributed by atoms with Gasteiger partial charge in [-0.3, -0.25) is 19.2 Å². The standard InChI is InChI=1S/C62H118N2O7/c1-7-11-15-19-23-24-25-26-27-28-29-30-31-35-41-49-60(66)69-55-57(54-64(53-45-44-52-63(5)6)59(65)48-40-34-22-18-14-10-4)56-70-61(67)50-42-36-37-43-51-62(68)71-58(46-38-32-20-16-12-8-2)47-39-33-21-17-13-9-3/h26-27,57-58H,7-25,28-56H2,1-6H3/b27-26-. The van der Waals surface area contributed by atoms with E-state index in [-0.39, 0.29) is 49.1 Å². The number of esters is 3. The molecule has 0 heterocycles. The third kappa shape index (κ3) is 49.6. The molecule has 0 aromatic carbocycles. The first-order valence-corrected chi connectivity index (χ1v) is 30.7. The highest BCUT2D eigenvalue weighted by Gasteiger charge is 2.22. The van der Waals surface area contributed by atoms with E-state index in [4.69, 9.17) is 14.2 Å². The first-order valence-electron chi connectivity index (χ1n) is 30.7. The molecule has 0 aromatic rings. The highest BCUT2D eigenvalue weighted by atomic mass is 16.5. The average Bonchev–Trinajstić information content (AvgIpc) is 3.35. The lowest BCUT2D eigenvalue weighted by atomic mass is 10.0. The van der Waals surface area contributed by atoms with Crippen LogP contribution in [0.3, 0.4) is 0 Å². The topological polar surface area (TPSA) is 102 Å². The fourth-order valence-corrected chi connectivity index (χ4v) is 9.34. The van der Waals surface area contributed by atoms with Gasteiger partial charge in [0.25, 0.3) is 0 Å². The van der Waals surface area contributed by atoms with Gasteiger partial charge in [-0.2, -0.15) is 0 Å². The zero-order valence-electron chi connectivity index (χ0n) is 48.0. The fourth-order valence-electron chi connectivity index (χ4n) is 9.34. The maximum absolute atomic E-state index is 13.7. The number of nitrogens with zero attached hydrogens (tertiary/aromatic N) is 2. The lowest BCUT2D eigenvalue weighted by molar-refractivity contribution is -0.151. The van der Waals surface area contributed by atoms with Gasteiger partial charge in [0.1, 0.15) is 6.10 Å². The summed E-state index contributed by atoms with van der Waals surface area (Å²) in [4.78, 5) is 56.8. The first kappa shape index (κ1) is 68.6. The van der Waals surface area contributed by atoms with Crippen LogP contribution in [0, 0.1) is 5.92 Å². The molecule has 0 radical (unpaired) electrons. The predicted molar refractivity (Wildman–Crippen MR) is 301 cm³/mol. The van der Waals surface area contributed by atoms with Crippen molar-refractivity contribution in [3.05, 3.63) is 12.2 Å². The van der Waals surface area contributed by atoms with Crippen LogP contribution in [0.1, 0.15) is 304 Å². The van der Waals surface area contributed by atoms with Crippen LogP contribution < -0.4 is 0 Å². The van der Waals surface area contributed by atoms with Crippen LogP contribution in [-0.2, 0) is 33.4 Å². The van der Waals surface area contributed by atoms with E-state index in [2.05, 4.69) is 58.8 Å². The largest absolute Gasteiger partial charge is 0.465 e. The van der Waals surface area contributed by atoms with Gasteiger partial charge < -0.3 is 24.0 Å². The fraction of sp³-hybridized carbons (Fsp3) is 0.903. The van der Waals surface area contributed by atoms with Crippen LogP contribution in [0.15, 0.2) is 12.2 Å². The zero-order valence-corrected chi connectivity index (χ0v) is 48.0. The third-order valence-corrected chi connectivity index (χ3v) is 14.0. The second kappa shape index (κ2) is 53.9. The van der Waals surface area contributed by atoms with Gasteiger partial charge >= 0.3 is 17.9 Å². The summed E-state index contributed by atoms with van der Waals surface area (Å²) in [7, 11) is 4.14. The second-order valence-corrected chi connectivity index (χ2v) is 21.6. The summed E-state index contributed by atoms with van der Waals surface area (Å²) < 4.78 is 17.7. The number of carbonyl (C=O) groups excluding carboxylic acids is 4. The first-order chi connectivity index (χ1) is 34.7. The summed E-state index contributed by atoms with van der Waals surface area (Å²) in [6.45, 7) is 11.2.